The summed E-state index contributed by atoms with van der Waals surface area (Å²) < 4.78 is 1.62. The van der Waals surface area contributed by atoms with Crippen molar-refractivity contribution in [3.8, 4) is 0 Å². The van der Waals surface area contributed by atoms with Crippen LogP contribution >= 0.6 is 11.8 Å². The minimum Gasteiger partial charge on any atom is -0.295 e. The van der Waals surface area contributed by atoms with Crippen LogP contribution in [0, 0.1) is 6.92 Å². The first-order valence-corrected chi connectivity index (χ1v) is 8.89. The van der Waals surface area contributed by atoms with E-state index in [2.05, 4.69) is 21.6 Å². The van der Waals surface area contributed by atoms with Crippen molar-refractivity contribution in [2.75, 3.05) is 10.7 Å². The smallest absolute Gasteiger partial charge is 0.295 e. The fourth-order valence-electron chi connectivity index (χ4n) is 3.48. The molecule has 0 bridgehead atoms. The van der Waals surface area contributed by atoms with Crippen molar-refractivity contribution in [2.45, 2.75) is 31.5 Å². The number of thioether (sulfide) groups is 1. The van der Waals surface area contributed by atoms with Gasteiger partial charge in [0, 0.05) is 18.4 Å². The first-order valence-electron chi connectivity index (χ1n) is 7.90. The standard InChI is InChI=1S/C17H17N5O2S/c1-9-5-11-10(8-25-16-18-19-20-21(16)4)7-17(2,3)22-13(11)12(6-9)14(23)15(22)24/h5-7H,8H2,1-4H3. The van der Waals surface area contributed by atoms with E-state index in [1.807, 2.05) is 26.8 Å². The van der Waals surface area contributed by atoms with Crippen molar-refractivity contribution in [1.82, 2.24) is 20.2 Å². The summed E-state index contributed by atoms with van der Waals surface area (Å²) in [4.78, 5) is 26.6. The van der Waals surface area contributed by atoms with Gasteiger partial charge in [-0.1, -0.05) is 17.8 Å². The van der Waals surface area contributed by atoms with Crippen LogP contribution in [0.4, 0.5) is 5.69 Å². The van der Waals surface area contributed by atoms with E-state index in [4.69, 9.17) is 0 Å². The lowest BCUT2D eigenvalue weighted by atomic mass is 9.88. The number of nitrogens with zero attached hydrogens (tertiary/aromatic N) is 5. The molecule has 2 aromatic rings. The maximum absolute atomic E-state index is 12.5. The minimum absolute atomic E-state index is 0.423. The molecule has 1 amide bonds. The molecule has 25 heavy (non-hydrogen) atoms. The Kier molecular flexibility index (Phi) is 3.37. The molecule has 7 nitrogen and oxygen atoms in total. The summed E-state index contributed by atoms with van der Waals surface area (Å²) in [5.41, 5.74) is 3.66. The molecule has 8 heteroatoms. The monoisotopic (exact) mass is 355 g/mol. The fraction of sp³-hybridized carbons (Fsp3) is 0.353. The summed E-state index contributed by atoms with van der Waals surface area (Å²) in [6.07, 6.45) is 2.06. The Bertz CT molecular complexity index is 960. The molecule has 128 valence electrons. The third kappa shape index (κ3) is 2.31. The van der Waals surface area contributed by atoms with Gasteiger partial charge in [-0.05, 0) is 54.5 Å². The van der Waals surface area contributed by atoms with Crippen LogP contribution in [0.1, 0.15) is 35.3 Å². The predicted octanol–water partition coefficient (Wildman–Crippen LogP) is 2.02. The van der Waals surface area contributed by atoms with Gasteiger partial charge in [0.1, 0.15) is 0 Å². The zero-order valence-corrected chi connectivity index (χ0v) is 15.2. The Labute approximate surface area is 149 Å². The van der Waals surface area contributed by atoms with E-state index in [0.29, 0.717) is 11.3 Å². The number of Topliss-reactive ketones (excluding diaryl/α,β-unsaturated/α-hetero) is 1. The van der Waals surface area contributed by atoms with E-state index in [1.54, 1.807) is 22.7 Å². The largest absolute Gasteiger partial charge is 0.300 e. The van der Waals surface area contributed by atoms with Crippen LogP contribution in [-0.4, -0.2) is 43.2 Å². The van der Waals surface area contributed by atoms with Crippen molar-refractivity contribution in [3.05, 3.63) is 34.9 Å². The minimum atomic E-state index is -0.561. The van der Waals surface area contributed by atoms with Gasteiger partial charge < -0.3 is 0 Å². The van der Waals surface area contributed by atoms with Gasteiger partial charge >= 0.3 is 0 Å². The summed E-state index contributed by atoms with van der Waals surface area (Å²) in [7, 11) is 1.80. The number of anilines is 1. The molecule has 0 atom stereocenters. The van der Waals surface area contributed by atoms with Crippen molar-refractivity contribution in [3.63, 3.8) is 0 Å². The summed E-state index contributed by atoms with van der Waals surface area (Å²) >= 11 is 1.53. The molecule has 4 rings (SSSR count). The molecule has 0 N–H and O–H groups in total. The van der Waals surface area contributed by atoms with Gasteiger partial charge in [0.25, 0.3) is 11.7 Å². The molecule has 0 unspecified atom stereocenters. The Hall–Kier alpha value is -2.48. The van der Waals surface area contributed by atoms with Gasteiger partial charge in [-0.2, -0.15) is 0 Å². The normalized spacial score (nSPS) is 17.8. The summed E-state index contributed by atoms with van der Waals surface area (Å²) in [5, 5.41) is 12.2. The van der Waals surface area contributed by atoms with Crippen LogP contribution in [0.2, 0.25) is 0 Å². The van der Waals surface area contributed by atoms with E-state index in [0.717, 1.165) is 27.5 Å². The highest BCUT2D eigenvalue weighted by atomic mass is 32.2. The summed E-state index contributed by atoms with van der Waals surface area (Å²) in [6, 6.07) is 3.84. The van der Waals surface area contributed by atoms with Crippen molar-refractivity contribution >= 4 is 34.7 Å². The quantitative estimate of drug-likeness (QED) is 0.619. The number of carbonyl (C=O) groups is 2. The highest BCUT2D eigenvalue weighted by Gasteiger charge is 2.47. The third-order valence-electron chi connectivity index (χ3n) is 4.51. The molecule has 2 aliphatic rings. The number of hydrogen-bond donors (Lipinski definition) is 0. The molecule has 0 radical (unpaired) electrons. The highest BCUT2D eigenvalue weighted by molar-refractivity contribution is 7.99. The second kappa shape index (κ2) is 5.26. The Balaban J connectivity index is 1.81. The number of amides is 1. The second-order valence-corrected chi connectivity index (χ2v) is 7.82. The van der Waals surface area contributed by atoms with E-state index in [9.17, 15) is 9.59 Å². The Morgan fingerprint density at radius 2 is 1.92 bits per heavy atom. The molecule has 2 aliphatic heterocycles. The van der Waals surface area contributed by atoms with Crippen molar-refractivity contribution in [1.29, 1.82) is 0 Å². The first kappa shape index (κ1) is 16.0. The molecule has 0 aliphatic carbocycles. The molecule has 1 aromatic carbocycles. The predicted molar refractivity (Wildman–Crippen MR) is 94.6 cm³/mol. The molecule has 0 spiro atoms. The molecule has 1 aromatic heterocycles. The third-order valence-corrected chi connectivity index (χ3v) is 5.57. The molecule has 0 saturated carbocycles. The Morgan fingerprint density at radius 3 is 2.60 bits per heavy atom. The first-order chi connectivity index (χ1) is 11.8. The lowest BCUT2D eigenvalue weighted by Gasteiger charge is -2.39. The molecular formula is C17H17N5O2S. The average Bonchev–Trinajstić information content (AvgIpc) is 3.06. The van der Waals surface area contributed by atoms with Crippen LogP contribution in [0.5, 0.6) is 0 Å². The van der Waals surface area contributed by atoms with Crippen LogP contribution in [0.15, 0.2) is 23.4 Å². The fourth-order valence-corrected chi connectivity index (χ4v) is 4.32. The highest BCUT2D eigenvalue weighted by Crippen LogP contribution is 2.46. The zero-order valence-electron chi connectivity index (χ0n) is 14.4. The molecule has 0 saturated heterocycles. The van der Waals surface area contributed by atoms with E-state index in [-0.39, 0.29) is 0 Å². The number of ketones is 1. The van der Waals surface area contributed by atoms with Crippen LogP contribution in [-0.2, 0) is 11.8 Å². The van der Waals surface area contributed by atoms with Gasteiger partial charge in [-0.25, -0.2) is 4.68 Å². The van der Waals surface area contributed by atoms with Gasteiger partial charge in [0.15, 0.2) is 0 Å². The molecule has 3 heterocycles. The lowest BCUT2D eigenvalue weighted by Crippen LogP contribution is -2.47. The van der Waals surface area contributed by atoms with Crippen LogP contribution in [0.3, 0.4) is 0 Å². The topological polar surface area (TPSA) is 81.0 Å². The SMILES string of the molecule is Cc1cc2c3c(c1)C(CSc1nnnn1C)=CC(C)(C)N3C(=O)C2=O. The number of carbonyl (C=O) groups excluding carboxylic acids is 2. The van der Waals surface area contributed by atoms with Crippen LogP contribution < -0.4 is 4.90 Å². The lowest BCUT2D eigenvalue weighted by molar-refractivity contribution is -0.115. The van der Waals surface area contributed by atoms with Gasteiger partial charge in [0.2, 0.25) is 5.16 Å². The number of aromatic nitrogens is 4. The van der Waals surface area contributed by atoms with Crippen LogP contribution in [0.25, 0.3) is 5.57 Å². The average molecular weight is 355 g/mol. The second-order valence-electron chi connectivity index (χ2n) is 6.88. The number of tetrazole rings is 1. The van der Waals surface area contributed by atoms with Gasteiger partial charge in [-0.15, -0.1) is 5.10 Å². The van der Waals surface area contributed by atoms with Gasteiger partial charge in [-0.3, -0.25) is 14.5 Å². The summed E-state index contributed by atoms with van der Waals surface area (Å²) in [6.45, 7) is 5.84. The Morgan fingerprint density at radius 1 is 1.20 bits per heavy atom. The summed E-state index contributed by atoms with van der Waals surface area (Å²) in [5.74, 6) is -0.218. The number of benzene rings is 1. The van der Waals surface area contributed by atoms with E-state index >= 15 is 0 Å². The zero-order chi connectivity index (χ0) is 17.9. The van der Waals surface area contributed by atoms with Crippen molar-refractivity contribution < 1.29 is 9.59 Å². The molecular weight excluding hydrogens is 338 g/mol. The molecule has 0 fully saturated rings. The van der Waals surface area contributed by atoms with Crippen molar-refractivity contribution in [2.24, 2.45) is 7.05 Å². The van der Waals surface area contributed by atoms with E-state index < -0.39 is 17.2 Å². The maximum Gasteiger partial charge on any atom is 0.300 e. The number of aryl methyl sites for hydroxylation is 2. The number of rotatable bonds is 3. The number of hydrogen-bond acceptors (Lipinski definition) is 6. The van der Waals surface area contributed by atoms with Gasteiger partial charge in [0.05, 0.1) is 16.8 Å². The van der Waals surface area contributed by atoms with E-state index in [1.165, 1.54) is 11.8 Å². The maximum atomic E-state index is 12.5.